The predicted molar refractivity (Wildman–Crippen MR) is 89.5 cm³/mol. The molecule has 0 aromatic heterocycles. The third-order valence-electron chi connectivity index (χ3n) is 4.47. The van der Waals surface area contributed by atoms with Crippen molar-refractivity contribution in [3.05, 3.63) is 65.2 Å². The Morgan fingerprint density at radius 2 is 1.75 bits per heavy atom. The third kappa shape index (κ3) is 3.16. The standard InChI is InChI=1S/C19H19F3N2/c1-3-18-23-16-7-5-4-6-14(16)12-17(24(18)2)13-8-10-15(11-9-13)19(20,21)22/h4-11,17H,3,12H2,1-2H3. The molecular weight excluding hydrogens is 313 g/mol. The Kier molecular flexibility index (Phi) is 4.35. The second-order valence-corrected chi connectivity index (χ2v) is 5.96. The van der Waals surface area contributed by atoms with Crippen LogP contribution in [0.15, 0.2) is 53.5 Å². The van der Waals surface area contributed by atoms with E-state index in [-0.39, 0.29) is 6.04 Å². The van der Waals surface area contributed by atoms with Crippen LogP contribution in [-0.4, -0.2) is 17.8 Å². The normalized spacial score (nSPS) is 18.0. The molecule has 1 heterocycles. The Labute approximate surface area is 139 Å². The first kappa shape index (κ1) is 16.6. The molecule has 2 nitrogen and oxygen atoms in total. The molecule has 0 N–H and O–H groups in total. The average molecular weight is 332 g/mol. The van der Waals surface area contributed by atoms with Gasteiger partial charge in [-0.05, 0) is 35.7 Å². The second kappa shape index (κ2) is 6.30. The maximum Gasteiger partial charge on any atom is 0.416 e. The molecule has 0 fully saturated rings. The summed E-state index contributed by atoms with van der Waals surface area (Å²) in [4.78, 5) is 6.81. The van der Waals surface area contributed by atoms with Crippen LogP contribution in [0.1, 0.15) is 36.1 Å². The molecule has 1 aliphatic rings. The maximum absolute atomic E-state index is 12.8. The van der Waals surface area contributed by atoms with Gasteiger partial charge in [-0.1, -0.05) is 37.3 Å². The number of amidine groups is 1. The molecule has 2 aromatic carbocycles. The van der Waals surface area contributed by atoms with Crippen molar-refractivity contribution in [3.63, 3.8) is 0 Å². The highest BCUT2D eigenvalue weighted by atomic mass is 19.4. The van der Waals surface area contributed by atoms with E-state index in [1.165, 1.54) is 0 Å². The van der Waals surface area contributed by atoms with Crippen LogP contribution in [-0.2, 0) is 12.6 Å². The molecule has 0 amide bonds. The SMILES string of the molecule is CCC1=Nc2ccccc2CC(c2ccc(C(F)(F)F)cc2)N1C. The molecule has 0 saturated carbocycles. The monoisotopic (exact) mass is 332 g/mol. The first-order valence-corrected chi connectivity index (χ1v) is 7.95. The summed E-state index contributed by atoms with van der Waals surface area (Å²) in [6, 6.07) is 13.4. The quantitative estimate of drug-likeness (QED) is 0.721. The zero-order chi connectivity index (χ0) is 17.3. The van der Waals surface area contributed by atoms with Crippen molar-refractivity contribution < 1.29 is 13.2 Å². The molecule has 1 aliphatic heterocycles. The van der Waals surface area contributed by atoms with Gasteiger partial charge in [0.05, 0.1) is 17.3 Å². The largest absolute Gasteiger partial charge is 0.416 e. The fourth-order valence-electron chi connectivity index (χ4n) is 3.10. The van der Waals surface area contributed by atoms with Crippen molar-refractivity contribution in [2.24, 2.45) is 4.99 Å². The Hall–Kier alpha value is -2.30. The van der Waals surface area contributed by atoms with Crippen molar-refractivity contribution in [2.45, 2.75) is 32.0 Å². The Balaban J connectivity index is 2.00. The van der Waals surface area contributed by atoms with E-state index >= 15 is 0 Å². The van der Waals surface area contributed by atoms with Gasteiger partial charge in [-0.25, -0.2) is 4.99 Å². The van der Waals surface area contributed by atoms with E-state index in [1.807, 2.05) is 38.2 Å². The minimum atomic E-state index is -4.31. The van der Waals surface area contributed by atoms with Crippen LogP contribution in [0.5, 0.6) is 0 Å². The first-order chi connectivity index (χ1) is 11.4. The molecule has 0 radical (unpaired) electrons. The zero-order valence-electron chi connectivity index (χ0n) is 13.6. The van der Waals surface area contributed by atoms with Gasteiger partial charge in [0.25, 0.3) is 0 Å². The third-order valence-corrected chi connectivity index (χ3v) is 4.47. The molecular formula is C19H19F3N2. The molecule has 2 aromatic rings. The van der Waals surface area contributed by atoms with Crippen molar-refractivity contribution in [1.82, 2.24) is 4.90 Å². The second-order valence-electron chi connectivity index (χ2n) is 5.96. The number of aliphatic imine (C=N–C) groups is 1. The summed E-state index contributed by atoms with van der Waals surface area (Å²) in [5.41, 5.74) is 2.30. The van der Waals surface area contributed by atoms with Gasteiger partial charge >= 0.3 is 6.18 Å². The summed E-state index contributed by atoms with van der Waals surface area (Å²) in [5.74, 6) is 0.935. The van der Waals surface area contributed by atoms with Crippen LogP contribution in [0.2, 0.25) is 0 Å². The van der Waals surface area contributed by atoms with Gasteiger partial charge in [0.15, 0.2) is 0 Å². The van der Waals surface area contributed by atoms with Crippen molar-refractivity contribution in [1.29, 1.82) is 0 Å². The van der Waals surface area contributed by atoms with E-state index in [9.17, 15) is 13.2 Å². The van der Waals surface area contributed by atoms with Gasteiger partial charge in [0, 0.05) is 13.5 Å². The van der Waals surface area contributed by atoms with Crippen LogP contribution >= 0.6 is 0 Å². The highest BCUT2D eigenvalue weighted by Crippen LogP contribution is 2.35. The van der Waals surface area contributed by atoms with Gasteiger partial charge in [-0.2, -0.15) is 13.2 Å². The molecule has 5 heteroatoms. The molecule has 0 bridgehead atoms. The summed E-state index contributed by atoms with van der Waals surface area (Å²) in [7, 11) is 1.95. The van der Waals surface area contributed by atoms with Gasteiger partial charge in [0.2, 0.25) is 0 Å². The van der Waals surface area contributed by atoms with Crippen molar-refractivity contribution in [2.75, 3.05) is 7.05 Å². The molecule has 0 aliphatic carbocycles. The van der Waals surface area contributed by atoms with E-state index in [0.29, 0.717) is 6.42 Å². The summed E-state index contributed by atoms with van der Waals surface area (Å²) >= 11 is 0. The lowest BCUT2D eigenvalue weighted by Crippen LogP contribution is -2.31. The molecule has 126 valence electrons. The van der Waals surface area contributed by atoms with Gasteiger partial charge in [-0.3, -0.25) is 0 Å². The highest BCUT2D eigenvalue weighted by molar-refractivity contribution is 5.86. The van der Waals surface area contributed by atoms with E-state index in [0.717, 1.165) is 41.2 Å². The van der Waals surface area contributed by atoms with E-state index in [2.05, 4.69) is 4.90 Å². The van der Waals surface area contributed by atoms with Crippen LogP contribution in [0, 0.1) is 0 Å². The van der Waals surface area contributed by atoms with Crippen LogP contribution in [0.4, 0.5) is 18.9 Å². The van der Waals surface area contributed by atoms with Crippen molar-refractivity contribution >= 4 is 11.5 Å². The first-order valence-electron chi connectivity index (χ1n) is 7.95. The fraction of sp³-hybridized carbons (Fsp3) is 0.316. The summed E-state index contributed by atoms with van der Waals surface area (Å²) in [6.07, 6.45) is -2.83. The average Bonchev–Trinajstić information content (AvgIpc) is 2.71. The Bertz CT molecular complexity index is 748. The maximum atomic E-state index is 12.8. The molecule has 0 saturated heterocycles. The summed E-state index contributed by atoms with van der Waals surface area (Å²) in [5, 5.41) is 0. The number of para-hydroxylation sites is 1. The number of halogens is 3. The number of fused-ring (bicyclic) bond motifs is 1. The van der Waals surface area contributed by atoms with E-state index in [1.54, 1.807) is 12.1 Å². The number of alkyl halides is 3. The highest BCUT2D eigenvalue weighted by Gasteiger charge is 2.31. The lowest BCUT2D eigenvalue weighted by atomic mass is 9.96. The van der Waals surface area contributed by atoms with Crippen molar-refractivity contribution in [3.8, 4) is 0 Å². The van der Waals surface area contributed by atoms with Gasteiger partial charge < -0.3 is 4.90 Å². The summed E-state index contributed by atoms with van der Waals surface area (Å²) < 4.78 is 38.4. The van der Waals surface area contributed by atoms with Crippen LogP contribution in [0.25, 0.3) is 0 Å². The fourth-order valence-corrected chi connectivity index (χ4v) is 3.10. The van der Waals surface area contributed by atoms with Crippen LogP contribution in [0.3, 0.4) is 0 Å². The van der Waals surface area contributed by atoms with Crippen LogP contribution < -0.4 is 0 Å². The molecule has 1 unspecified atom stereocenters. The topological polar surface area (TPSA) is 15.6 Å². The summed E-state index contributed by atoms with van der Waals surface area (Å²) in [6.45, 7) is 2.03. The smallest absolute Gasteiger partial charge is 0.356 e. The van der Waals surface area contributed by atoms with Gasteiger partial charge in [0.1, 0.15) is 5.84 Å². The van der Waals surface area contributed by atoms with E-state index < -0.39 is 11.7 Å². The number of rotatable bonds is 2. The Morgan fingerprint density at radius 1 is 1.08 bits per heavy atom. The number of nitrogens with zero attached hydrogens (tertiary/aromatic N) is 2. The zero-order valence-corrected chi connectivity index (χ0v) is 13.6. The molecule has 0 spiro atoms. The number of hydrogen-bond donors (Lipinski definition) is 0. The van der Waals surface area contributed by atoms with E-state index in [4.69, 9.17) is 4.99 Å². The predicted octanol–water partition coefficient (Wildman–Crippen LogP) is 5.37. The lowest BCUT2D eigenvalue weighted by molar-refractivity contribution is -0.137. The Morgan fingerprint density at radius 3 is 2.38 bits per heavy atom. The number of likely N-dealkylation sites (N-methyl/N-ethyl adjacent to an activating group) is 1. The molecule has 24 heavy (non-hydrogen) atoms. The molecule has 3 rings (SSSR count). The lowest BCUT2D eigenvalue weighted by Gasteiger charge is -2.29. The molecule has 1 atom stereocenters. The van der Waals surface area contributed by atoms with Gasteiger partial charge in [-0.15, -0.1) is 0 Å². The number of hydrogen-bond acceptors (Lipinski definition) is 2. The minimum Gasteiger partial charge on any atom is -0.356 e. The minimum absolute atomic E-state index is 0.0327. The number of benzene rings is 2.